The molecule has 2 aromatic rings. The van der Waals surface area contributed by atoms with Crippen molar-refractivity contribution in [1.29, 1.82) is 0 Å². The summed E-state index contributed by atoms with van der Waals surface area (Å²) in [6, 6.07) is 0. The molecule has 0 spiro atoms. The summed E-state index contributed by atoms with van der Waals surface area (Å²) in [5.74, 6) is 3.27. The Morgan fingerprint density at radius 2 is 2.11 bits per heavy atom. The molecule has 2 saturated carbocycles. The van der Waals surface area contributed by atoms with E-state index in [2.05, 4.69) is 45.5 Å². The van der Waals surface area contributed by atoms with Gasteiger partial charge in [-0.05, 0) is 32.1 Å². The molecule has 100 valence electrons. The van der Waals surface area contributed by atoms with E-state index in [0.29, 0.717) is 5.92 Å². The molecule has 0 amide bonds. The highest BCUT2D eigenvalue weighted by Crippen LogP contribution is 2.48. The van der Waals surface area contributed by atoms with Gasteiger partial charge in [-0.1, -0.05) is 0 Å². The summed E-state index contributed by atoms with van der Waals surface area (Å²) < 4.78 is 4.39. The zero-order valence-corrected chi connectivity index (χ0v) is 11.6. The molecule has 4 nitrogen and oxygen atoms in total. The molecule has 2 aliphatic carbocycles. The van der Waals surface area contributed by atoms with Crippen LogP contribution in [0.3, 0.4) is 0 Å². The standard InChI is InChI=1S/C15H20N4/c1-10-17-15(7-18(10)2)13-5-12(13)6-19-8-14(16-9-19)11-3-4-11/h7-9,11-13H,3-6H2,1-2H3. The van der Waals surface area contributed by atoms with Crippen LogP contribution in [0.1, 0.15) is 48.3 Å². The molecule has 0 radical (unpaired) electrons. The predicted molar refractivity (Wildman–Crippen MR) is 73.0 cm³/mol. The van der Waals surface area contributed by atoms with Crippen molar-refractivity contribution in [1.82, 2.24) is 19.1 Å². The number of rotatable bonds is 4. The molecular weight excluding hydrogens is 236 g/mol. The Morgan fingerprint density at radius 1 is 1.26 bits per heavy atom. The number of nitrogens with zero attached hydrogens (tertiary/aromatic N) is 4. The van der Waals surface area contributed by atoms with E-state index in [1.807, 2.05) is 6.33 Å². The number of hydrogen-bond donors (Lipinski definition) is 0. The van der Waals surface area contributed by atoms with Crippen molar-refractivity contribution >= 4 is 0 Å². The van der Waals surface area contributed by atoms with Gasteiger partial charge in [0, 0.05) is 37.8 Å². The number of imidazole rings is 2. The second-order valence-electron chi connectivity index (χ2n) is 6.20. The molecule has 4 rings (SSSR count). The van der Waals surface area contributed by atoms with Gasteiger partial charge in [0.05, 0.1) is 17.7 Å². The molecule has 4 heteroatoms. The highest BCUT2D eigenvalue weighted by molar-refractivity contribution is 5.18. The SMILES string of the molecule is Cc1nc(C2CC2Cn2cnc(C3CC3)c2)cn1C. The van der Waals surface area contributed by atoms with Gasteiger partial charge in [-0.25, -0.2) is 9.97 Å². The van der Waals surface area contributed by atoms with Crippen LogP contribution in [0.5, 0.6) is 0 Å². The van der Waals surface area contributed by atoms with Crippen molar-refractivity contribution in [2.75, 3.05) is 0 Å². The minimum atomic E-state index is 0.659. The van der Waals surface area contributed by atoms with Crippen LogP contribution in [0.25, 0.3) is 0 Å². The summed E-state index contributed by atoms with van der Waals surface area (Å²) in [5.41, 5.74) is 2.57. The van der Waals surface area contributed by atoms with E-state index in [4.69, 9.17) is 0 Å². The second kappa shape index (κ2) is 3.95. The molecule has 2 unspecified atom stereocenters. The quantitative estimate of drug-likeness (QED) is 0.843. The van der Waals surface area contributed by atoms with E-state index in [1.165, 1.54) is 30.7 Å². The molecule has 0 N–H and O–H groups in total. The Kier molecular flexibility index (Phi) is 2.34. The molecule has 19 heavy (non-hydrogen) atoms. The van der Waals surface area contributed by atoms with Crippen LogP contribution in [0.15, 0.2) is 18.7 Å². The van der Waals surface area contributed by atoms with Crippen LogP contribution in [-0.4, -0.2) is 19.1 Å². The smallest absolute Gasteiger partial charge is 0.105 e. The zero-order chi connectivity index (χ0) is 13.0. The van der Waals surface area contributed by atoms with E-state index in [-0.39, 0.29) is 0 Å². The van der Waals surface area contributed by atoms with Crippen LogP contribution in [-0.2, 0) is 13.6 Å². The van der Waals surface area contributed by atoms with Gasteiger partial charge in [0.2, 0.25) is 0 Å². The lowest BCUT2D eigenvalue weighted by atomic mass is 10.2. The highest BCUT2D eigenvalue weighted by Gasteiger charge is 2.40. The third kappa shape index (κ3) is 2.09. The van der Waals surface area contributed by atoms with Gasteiger partial charge in [-0.3, -0.25) is 0 Å². The topological polar surface area (TPSA) is 35.6 Å². The molecule has 0 saturated heterocycles. The second-order valence-corrected chi connectivity index (χ2v) is 6.20. The van der Waals surface area contributed by atoms with Gasteiger partial charge in [-0.2, -0.15) is 0 Å². The van der Waals surface area contributed by atoms with Gasteiger partial charge in [0.1, 0.15) is 5.82 Å². The molecule has 2 atom stereocenters. The summed E-state index contributed by atoms with van der Waals surface area (Å²) in [7, 11) is 2.07. The van der Waals surface area contributed by atoms with E-state index in [1.54, 1.807) is 0 Å². The average molecular weight is 256 g/mol. The highest BCUT2D eigenvalue weighted by atomic mass is 15.1. The molecule has 0 aliphatic heterocycles. The summed E-state index contributed by atoms with van der Waals surface area (Å²) in [6.45, 7) is 3.17. The summed E-state index contributed by atoms with van der Waals surface area (Å²) >= 11 is 0. The maximum atomic E-state index is 4.65. The lowest BCUT2D eigenvalue weighted by molar-refractivity contribution is 0.609. The molecular formula is C15H20N4. The van der Waals surface area contributed by atoms with Crippen molar-refractivity contribution in [3.8, 4) is 0 Å². The Morgan fingerprint density at radius 3 is 2.79 bits per heavy atom. The zero-order valence-electron chi connectivity index (χ0n) is 11.6. The predicted octanol–water partition coefficient (Wildman–Crippen LogP) is 2.61. The molecule has 0 bridgehead atoms. The van der Waals surface area contributed by atoms with Gasteiger partial charge in [0.25, 0.3) is 0 Å². The first kappa shape index (κ1) is 11.3. The Hall–Kier alpha value is -1.58. The van der Waals surface area contributed by atoms with Crippen molar-refractivity contribution in [2.24, 2.45) is 13.0 Å². The van der Waals surface area contributed by atoms with Gasteiger partial charge in [-0.15, -0.1) is 0 Å². The van der Waals surface area contributed by atoms with E-state index < -0.39 is 0 Å². The fourth-order valence-corrected chi connectivity index (χ4v) is 2.91. The summed E-state index contributed by atoms with van der Waals surface area (Å²) in [4.78, 5) is 9.16. The normalized spacial score (nSPS) is 25.8. The summed E-state index contributed by atoms with van der Waals surface area (Å²) in [5, 5.41) is 0. The van der Waals surface area contributed by atoms with Crippen LogP contribution >= 0.6 is 0 Å². The van der Waals surface area contributed by atoms with E-state index in [0.717, 1.165) is 24.2 Å². The third-order valence-corrected chi connectivity index (χ3v) is 4.52. The van der Waals surface area contributed by atoms with Crippen LogP contribution in [0.4, 0.5) is 0 Å². The Balaban J connectivity index is 1.41. The average Bonchev–Trinajstić information content (AvgIpc) is 3.27. The van der Waals surface area contributed by atoms with Crippen LogP contribution in [0, 0.1) is 12.8 Å². The van der Waals surface area contributed by atoms with E-state index >= 15 is 0 Å². The molecule has 0 aromatic carbocycles. The molecule has 2 heterocycles. The number of aryl methyl sites for hydroxylation is 2. The number of aromatic nitrogens is 4. The van der Waals surface area contributed by atoms with Gasteiger partial charge < -0.3 is 9.13 Å². The maximum Gasteiger partial charge on any atom is 0.105 e. The summed E-state index contributed by atoms with van der Waals surface area (Å²) in [6.07, 6.45) is 10.4. The van der Waals surface area contributed by atoms with Crippen LogP contribution in [0.2, 0.25) is 0 Å². The number of hydrogen-bond acceptors (Lipinski definition) is 2. The van der Waals surface area contributed by atoms with Crippen molar-refractivity contribution in [3.63, 3.8) is 0 Å². The van der Waals surface area contributed by atoms with Crippen molar-refractivity contribution in [2.45, 2.75) is 44.6 Å². The fraction of sp³-hybridized carbons (Fsp3) is 0.600. The largest absolute Gasteiger partial charge is 0.338 e. The van der Waals surface area contributed by atoms with Crippen molar-refractivity contribution < 1.29 is 0 Å². The molecule has 2 fully saturated rings. The van der Waals surface area contributed by atoms with E-state index in [9.17, 15) is 0 Å². The van der Waals surface area contributed by atoms with Gasteiger partial charge in [0.15, 0.2) is 0 Å². The Labute approximate surface area is 113 Å². The van der Waals surface area contributed by atoms with Crippen molar-refractivity contribution in [3.05, 3.63) is 35.9 Å². The van der Waals surface area contributed by atoms with Gasteiger partial charge >= 0.3 is 0 Å². The minimum Gasteiger partial charge on any atom is -0.338 e. The van der Waals surface area contributed by atoms with Crippen LogP contribution < -0.4 is 0 Å². The first-order valence-electron chi connectivity index (χ1n) is 7.22. The molecule has 2 aliphatic rings. The lowest BCUT2D eigenvalue weighted by Crippen LogP contribution is -1.98. The first-order chi connectivity index (χ1) is 9.20. The fourth-order valence-electron chi connectivity index (χ4n) is 2.91. The third-order valence-electron chi connectivity index (χ3n) is 4.52. The first-order valence-corrected chi connectivity index (χ1v) is 7.22. The molecule has 2 aromatic heterocycles. The maximum absolute atomic E-state index is 4.65. The minimum absolute atomic E-state index is 0.659. The lowest BCUT2D eigenvalue weighted by Gasteiger charge is -1.99. The monoisotopic (exact) mass is 256 g/mol. The Bertz CT molecular complexity index is 586.